The highest BCUT2D eigenvalue weighted by atomic mass is 16.6. The van der Waals surface area contributed by atoms with E-state index in [2.05, 4.69) is 0 Å². The number of hydrogen-bond donors (Lipinski definition) is 2. The van der Waals surface area contributed by atoms with Crippen molar-refractivity contribution in [1.29, 1.82) is 0 Å². The lowest BCUT2D eigenvalue weighted by Gasteiger charge is -2.36. The number of likely N-dealkylation sites (tertiary alicyclic amines) is 1. The molecule has 0 saturated carbocycles. The van der Waals surface area contributed by atoms with Crippen molar-refractivity contribution in [3.8, 4) is 0 Å². The first-order valence-electron chi connectivity index (χ1n) is 5.17. The summed E-state index contributed by atoms with van der Waals surface area (Å²) in [6, 6.07) is 0. The number of aliphatic hydroxyl groups is 2. The van der Waals surface area contributed by atoms with Crippen LogP contribution in [0.5, 0.6) is 0 Å². The van der Waals surface area contributed by atoms with Crippen molar-refractivity contribution in [3.05, 3.63) is 0 Å². The van der Waals surface area contributed by atoms with Crippen LogP contribution < -0.4 is 0 Å². The van der Waals surface area contributed by atoms with E-state index in [-0.39, 0.29) is 0 Å². The molecule has 1 fully saturated rings. The van der Waals surface area contributed by atoms with Gasteiger partial charge in [-0.2, -0.15) is 0 Å². The maximum atomic E-state index is 11.6. The van der Waals surface area contributed by atoms with Crippen LogP contribution in [0.1, 0.15) is 33.6 Å². The fraction of sp³-hybridized carbons (Fsp3) is 0.900. The van der Waals surface area contributed by atoms with E-state index in [9.17, 15) is 15.0 Å². The van der Waals surface area contributed by atoms with E-state index >= 15 is 0 Å². The van der Waals surface area contributed by atoms with E-state index in [1.54, 1.807) is 20.8 Å². The molecule has 0 bridgehead atoms. The predicted octanol–water partition coefficient (Wildman–Crippen LogP) is 0.697. The molecule has 88 valence electrons. The number of aliphatic hydroxyl groups excluding tert-OH is 2. The van der Waals surface area contributed by atoms with Gasteiger partial charge in [-0.25, -0.2) is 4.79 Å². The number of piperidine rings is 1. The molecule has 2 N–H and O–H groups in total. The van der Waals surface area contributed by atoms with Crippen molar-refractivity contribution >= 4 is 6.09 Å². The molecular weight excluding hydrogens is 198 g/mol. The van der Waals surface area contributed by atoms with Gasteiger partial charge in [-0.3, -0.25) is 4.90 Å². The van der Waals surface area contributed by atoms with E-state index in [4.69, 9.17) is 4.74 Å². The predicted molar refractivity (Wildman–Crippen MR) is 54.2 cm³/mol. The highest BCUT2D eigenvalue weighted by Crippen LogP contribution is 2.19. The molecule has 1 aliphatic heterocycles. The molecule has 1 heterocycles. The van der Waals surface area contributed by atoms with Gasteiger partial charge in [0.1, 0.15) is 5.60 Å². The molecule has 1 amide bonds. The third-order valence-electron chi connectivity index (χ3n) is 2.19. The third kappa shape index (κ3) is 3.35. The maximum Gasteiger partial charge on any atom is 0.412 e. The Balaban J connectivity index is 2.59. The minimum absolute atomic E-state index is 0.424. The second-order valence-electron chi connectivity index (χ2n) is 4.80. The number of amides is 1. The number of hydrogen-bond acceptors (Lipinski definition) is 4. The van der Waals surface area contributed by atoms with Crippen molar-refractivity contribution < 1.29 is 19.7 Å². The van der Waals surface area contributed by atoms with Crippen LogP contribution in [0.3, 0.4) is 0 Å². The monoisotopic (exact) mass is 217 g/mol. The fourth-order valence-corrected chi connectivity index (χ4v) is 1.48. The summed E-state index contributed by atoms with van der Waals surface area (Å²) in [5.74, 6) is 0. The van der Waals surface area contributed by atoms with Crippen LogP contribution in [0.25, 0.3) is 0 Å². The first kappa shape index (κ1) is 12.3. The Morgan fingerprint density at radius 2 is 2.00 bits per heavy atom. The molecule has 1 saturated heterocycles. The zero-order valence-electron chi connectivity index (χ0n) is 9.43. The Morgan fingerprint density at radius 3 is 2.53 bits per heavy atom. The molecule has 1 aliphatic rings. The average molecular weight is 217 g/mol. The lowest BCUT2D eigenvalue weighted by molar-refractivity contribution is -0.106. The van der Waals surface area contributed by atoms with Gasteiger partial charge in [0.25, 0.3) is 0 Å². The molecule has 0 unspecified atom stereocenters. The van der Waals surface area contributed by atoms with Crippen LogP contribution in [0.2, 0.25) is 0 Å². The molecule has 5 heteroatoms. The Bertz CT molecular complexity index is 236. The average Bonchev–Trinajstić information content (AvgIpc) is 2.06. The largest absolute Gasteiger partial charge is 0.444 e. The van der Waals surface area contributed by atoms with E-state index in [1.165, 1.54) is 4.90 Å². The summed E-state index contributed by atoms with van der Waals surface area (Å²) < 4.78 is 5.11. The lowest BCUT2D eigenvalue weighted by Crippen LogP contribution is -2.52. The molecule has 15 heavy (non-hydrogen) atoms. The van der Waals surface area contributed by atoms with Gasteiger partial charge in [-0.15, -0.1) is 0 Å². The van der Waals surface area contributed by atoms with E-state index < -0.39 is 24.0 Å². The van der Waals surface area contributed by atoms with Gasteiger partial charge in [-0.05, 0) is 33.6 Å². The summed E-state index contributed by atoms with van der Waals surface area (Å²) in [6.07, 6.45) is -1.40. The minimum atomic E-state index is -1.14. The molecule has 5 nitrogen and oxygen atoms in total. The number of carbonyl (C=O) groups is 1. The zero-order valence-corrected chi connectivity index (χ0v) is 9.43. The van der Waals surface area contributed by atoms with Gasteiger partial charge in [0.2, 0.25) is 0 Å². The summed E-state index contributed by atoms with van der Waals surface area (Å²) in [7, 11) is 0. The van der Waals surface area contributed by atoms with Crippen LogP contribution in [0.4, 0.5) is 4.79 Å². The molecule has 0 aromatic carbocycles. The van der Waals surface area contributed by atoms with Gasteiger partial charge in [0.05, 0.1) is 6.10 Å². The van der Waals surface area contributed by atoms with E-state index in [0.717, 1.165) is 0 Å². The molecule has 0 spiro atoms. The van der Waals surface area contributed by atoms with Gasteiger partial charge in [-0.1, -0.05) is 0 Å². The third-order valence-corrected chi connectivity index (χ3v) is 2.19. The van der Waals surface area contributed by atoms with Gasteiger partial charge >= 0.3 is 6.09 Å². The smallest absolute Gasteiger partial charge is 0.412 e. The molecule has 0 aromatic heterocycles. The van der Waals surface area contributed by atoms with Crippen LogP contribution in [0.15, 0.2) is 0 Å². The van der Waals surface area contributed by atoms with Gasteiger partial charge < -0.3 is 14.9 Å². The summed E-state index contributed by atoms with van der Waals surface area (Å²) in [6.45, 7) is 5.71. The van der Waals surface area contributed by atoms with Crippen LogP contribution >= 0.6 is 0 Å². The summed E-state index contributed by atoms with van der Waals surface area (Å²) in [5, 5.41) is 19.0. The molecule has 0 aliphatic carbocycles. The van der Waals surface area contributed by atoms with Crippen molar-refractivity contribution in [2.24, 2.45) is 0 Å². The van der Waals surface area contributed by atoms with Crippen molar-refractivity contribution in [1.82, 2.24) is 4.90 Å². The number of ether oxygens (including phenoxy) is 1. The van der Waals surface area contributed by atoms with Crippen molar-refractivity contribution in [2.75, 3.05) is 6.54 Å². The lowest BCUT2D eigenvalue weighted by atomic mass is 10.1. The number of rotatable bonds is 0. The first-order valence-corrected chi connectivity index (χ1v) is 5.17. The molecule has 1 rings (SSSR count). The van der Waals surface area contributed by atoms with E-state index in [0.29, 0.717) is 19.4 Å². The quantitative estimate of drug-likeness (QED) is 0.626. The second-order valence-corrected chi connectivity index (χ2v) is 4.80. The van der Waals surface area contributed by atoms with Gasteiger partial charge in [0, 0.05) is 6.54 Å². The normalized spacial score (nSPS) is 27.7. The Labute approximate surface area is 89.6 Å². The number of nitrogens with zero attached hydrogens (tertiary/aromatic N) is 1. The summed E-state index contributed by atoms with van der Waals surface area (Å²) >= 11 is 0. The highest BCUT2D eigenvalue weighted by molar-refractivity contribution is 5.68. The highest BCUT2D eigenvalue weighted by Gasteiger charge is 2.34. The summed E-state index contributed by atoms with van der Waals surface area (Å²) in [4.78, 5) is 12.8. The molecule has 0 radical (unpaired) electrons. The summed E-state index contributed by atoms with van der Waals surface area (Å²) in [5.41, 5.74) is -0.584. The number of carbonyl (C=O) groups excluding carboxylic acids is 1. The molecule has 0 aromatic rings. The standard InChI is InChI=1S/C10H19NO4/c1-10(2,3)15-9(14)11-6-4-5-7(12)8(11)13/h7-8,12-13H,4-6H2,1-3H3/t7-,8-/m1/s1. The second kappa shape index (κ2) is 4.37. The van der Waals surface area contributed by atoms with Crippen LogP contribution in [-0.4, -0.2) is 45.7 Å². The topological polar surface area (TPSA) is 70.0 Å². The molecule has 2 atom stereocenters. The van der Waals surface area contributed by atoms with Crippen molar-refractivity contribution in [3.63, 3.8) is 0 Å². The van der Waals surface area contributed by atoms with Crippen LogP contribution in [0, 0.1) is 0 Å². The minimum Gasteiger partial charge on any atom is -0.444 e. The van der Waals surface area contributed by atoms with Crippen LogP contribution in [-0.2, 0) is 4.74 Å². The first-order chi connectivity index (χ1) is 6.81. The maximum absolute atomic E-state index is 11.6. The zero-order chi connectivity index (χ0) is 11.6. The Hall–Kier alpha value is -0.810. The Kier molecular flexibility index (Phi) is 3.57. The van der Waals surface area contributed by atoms with Crippen molar-refractivity contribution in [2.45, 2.75) is 51.5 Å². The Morgan fingerprint density at radius 1 is 1.40 bits per heavy atom. The van der Waals surface area contributed by atoms with E-state index in [1.807, 2.05) is 0 Å². The molecular formula is C10H19NO4. The van der Waals surface area contributed by atoms with Gasteiger partial charge in [0.15, 0.2) is 6.23 Å². The SMILES string of the molecule is CC(C)(C)OC(=O)N1CCC[C@@H](O)[C@H]1O. The fourth-order valence-electron chi connectivity index (χ4n) is 1.48.